The SMILES string of the molecule is O=C(Nc1ccc(Br)cn1)NC1CCCC1. The lowest BCUT2D eigenvalue weighted by Crippen LogP contribution is -2.36. The Morgan fingerprint density at radius 2 is 2.12 bits per heavy atom. The Bertz CT molecular complexity index is 360. The highest BCUT2D eigenvalue weighted by atomic mass is 79.9. The van der Waals surface area contributed by atoms with Crippen molar-refractivity contribution in [3.8, 4) is 0 Å². The third kappa shape index (κ3) is 3.20. The molecule has 1 aliphatic rings. The van der Waals surface area contributed by atoms with Crippen LogP contribution in [0.15, 0.2) is 22.8 Å². The molecule has 0 aliphatic heterocycles. The van der Waals surface area contributed by atoms with Crippen LogP contribution in [0.4, 0.5) is 10.6 Å². The lowest BCUT2D eigenvalue weighted by Gasteiger charge is -2.12. The van der Waals surface area contributed by atoms with Crippen LogP contribution >= 0.6 is 15.9 Å². The van der Waals surface area contributed by atoms with Gasteiger partial charge in [0, 0.05) is 16.7 Å². The van der Waals surface area contributed by atoms with E-state index in [1.54, 1.807) is 12.3 Å². The number of amides is 2. The van der Waals surface area contributed by atoms with Crippen molar-refractivity contribution >= 4 is 27.8 Å². The fourth-order valence-corrected chi connectivity index (χ4v) is 2.09. The molecule has 1 aromatic rings. The number of carbonyl (C=O) groups excluding carboxylic acids is 1. The maximum absolute atomic E-state index is 11.6. The van der Waals surface area contributed by atoms with E-state index >= 15 is 0 Å². The third-order valence-electron chi connectivity index (χ3n) is 2.66. The fourth-order valence-electron chi connectivity index (χ4n) is 1.86. The highest BCUT2D eigenvalue weighted by molar-refractivity contribution is 9.10. The third-order valence-corrected chi connectivity index (χ3v) is 3.13. The summed E-state index contributed by atoms with van der Waals surface area (Å²) in [6.45, 7) is 0. The summed E-state index contributed by atoms with van der Waals surface area (Å²) in [6.07, 6.45) is 6.25. The van der Waals surface area contributed by atoms with Gasteiger partial charge in [-0.1, -0.05) is 12.8 Å². The number of carbonyl (C=O) groups is 1. The Morgan fingerprint density at radius 1 is 1.38 bits per heavy atom. The van der Waals surface area contributed by atoms with Gasteiger partial charge in [0.1, 0.15) is 5.82 Å². The molecular formula is C11H14BrN3O. The van der Waals surface area contributed by atoms with Crippen molar-refractivity contribution < 1.29 is 4.79 Å². The zero-order chi connectivity index (χ0) is 11.4. The van der Waals surface area contributed by atoms with Crippen LogP contribution in [0.25, 0.3) is 0 Å². The molecule has 0 spiro atoms. The molecule has 86 valence electrons. The number of aromatic nitrogens is 1. The van der Waals surface area contributed by atoms with Gasteiger partial charge in [0.2, 0.25) is 0 Å². The first-order valence-corrected chi connectivity index (χ1v) is 6.22. The Morgan fingerprint density at radius 3 is 2.75 bits per heavy atom. The molecule has 1 fully saturated rings. The van der Waals surface area contributed by atoms with Crippen LogP contribution in [0.2, 0.25) is 0 Å². The van der Waals surface area contributed by atoms with Crippen LogP contribution < -0.4 is 10.6 Å². The van der Waals surface area contributed by atoms with Gasteiger partial charge < -0.3 is 5.32 Å². The van der Waals surface area contributed by atoms with Crippen LogP contribution in [0.5, 0.6) is 0 Å². The summed E-state index contributed by atoms with van der Waals surface area (Å²) in [4.78, 5) is 15.7. The summed E-state index contributed by atoms with van der Waals surface area (Å²) in [5, 5.41) is 5.65. The minimum absolute atomic E-state index is 0.165. The first-order valence-electron chi connectivity index (χ1n) is 5.43. The second-order valence-corrected chi connectivity index (χ2v) is 4.86. The number of pyridine rings is 1. The second-order valence-electron chi connectivity index (χ2n) is 3.94. The van der Waals surface area contributed by atoms with Gasteiger partial charge in [-0.05, 0) is 40.9 Å². The molecular weight excluding hydrogens is 270 g/mol. The van der Waals surface area contributed by atoms with Gasteiger partial charge in [-0.15, -0.1) is 0 Å². The Hall–Kier alpha value is -1.10. The number of rotatable bonds is 2. The number of nitrogens with zero attached hydrogens (tertiary/aromatic N) is 1. The molecule has 0 bridgehead atoms. The topological polar surface area (TPSA) is 54.0 Å². The first-order chi connectivity index (χ1) is 7.74. The molecule has 0 aromatic carbocycles. The largest absolute Gasteiger partial charge is 0.335 e. The molecule has 0 atom stereocenters. The number of anilines is 1. The van der Waals surface area contributed by atoms with E-state index in [-0.39, 0.29) is 6.03 Å². The van der Waals surface area contributed by atoms with E-state index < -0.39 is 0 Å². The summed E-state index contributed by atoms with van der Waals surface area (Å²) in [7, 11) is 0. The average molecular weight is 284 g/mol. The smallest absolute Gasteiger partial charge is 0.320 e. The standard InChI is InChI=1S/C11H14BrN3O/c12-8-5-6-10(13-7-8)15-11(16)14-9-3-1-2-4-9/h5-7,9H,1-4H2,(H2,13,14,15,16). The molecule has 2 N–H and O–H groups in total. The highest BCUT2D eigenvalue weighted by Crippen LogP contribution is 2.17. The highest BCUT2D eigenvalue weighted by Gasteiger charge is 2.16. The Balaban J connectivity index is 1.84. The van der Waals surface area contributed by atoms with E-state index in [0.717, 1.165) is 17.3 Å². The minimum Gasteiger partial charge on any atom is -0.335 e. The molecule has 1 saturated carbocycles. The predicted molar refractivity (Wildman–Crippen MR) is 66.3 cm³/mol. The van der Waals surface area contributed by atoms with Crippen molar-refractivity contribution in [3.05, 3.63) is 22.8 Å². The maximum Gasteiger partial charge on any atom is 0.320 e. The zero-order valence-electron chi connectivity index (χ0n) is 8.87. The molecule has 2 amide bonds. The average Bonchev–Trinajstić information content (AvgIpc) is 2.74. The normalized spacial score (nSPS) is 16.1. The summed E-state index contributed by atoms with van der Waals surface area (Å²) >= 11 is 3.29. The Kier molecular flexibility index (Phi) is 3.77. The molecule has 16 heavy (non-hydrogen) atoms. The van der Waals surface area contributed by atoms with E-state index in [1.165, 1.54) is 12.8 Å². The van der Waals surface area contributed by atoms with Crippen LogP contribution in [-0.4, -0.2) is 17.1 Å². The summed E-state index contributed by atoms with van der Waals surface area (Å²) < 4.78 is 0.897. The molecule has 1 heterocycles. The van der Waals surface area contributed by atoms with Gasteiger partial charge in [-0.25, -0.2) is 9.78 Å². The number of nitrogens with one attached hydrogen (secondary N) is 2. The number of hydrogen-bond donors (Lipinski definition) is 2. The quantitative estimate of drug-likeness (QED) is 0.877. The van der Waals surface area contributed by atoms with Crippen molar-refractivity contribution in [2.24, 2.45) is 0 Å². The van der Waals surface area contributed by atoms with E-state index in [1.807, 2.05) is 6.07 Å². The number of urea groups is 1. The van der Waals surface area contributed by atoms with Crippen molar-refractivity contribution in [2.45, 2.75) is 31.7 Å². The molecule has 0 unspecified atom stereocenters. The number of hydrogen-bond acceptors (Lipinski definition) is 2. The molecule has 4 nitrogen and oxygen atoms in total. The molecule has 0 saturated heterocycles. The van der Waals surface area contributed by atoms with E-state index in [2.05, 4.69) is 31.5 Å². The van der Waals surface area contributed by atoms with Crippen molar-refractivity contribution in [3.63, 3.8) is 0 Å². The summed E-state index contributed by atoms with van der Waals surface area (Å²) in [6, 6.07) is 3.77. The second kappa shape index (κ2) is 5.30. The summed E-state index contributed by atoms with van der Waals surface area (Å²) in [5.74, 6) is 0.568. The molecule has 5 heteroatoms. The van der Waals surface area contributed by atoms with Crippen LogP contribution in [-0.2, 0) is 0 Å². The van der Waals surface area contributed by atoms with Crippen LogP contribution in [0, 0.1) is 0 Å². The van der Waals surface area contributed by atoms with Gasteiger partial charge in [-0.2, -0.15) is 0 Å². The monoisotopic (exact) mass is 283 g/mol. The van der Waals surface area contributed by atoms with Gasteiger partial charge in [0.15, 0.2) is 0 Å². The fraction of sp³-hybridized carbons (Fsp3) is 0.455. The predicted octanol–water partition coefficient (Wildman–Crippen LogP) is 2.91. The van der Waals surface area contributed by atoms with Crippen molar-refractivity contribution in [1.29, 1.82) is 0 Å². The molecule has 1 aromatic heterocycles. The van der Waals surface area contributed by atoms with Crippen LogP contribution in [0.1, 0.15) is 25.7 Å². The lowest BCUT2D eigenvalue weighted by molar-refractivity contribution is 0.248. The summed E-state index contributed by atoms with van der Waals surface area (Å²) in [5.41, 5.74) is 0. The van der Waals surface area contributed by atoms with E-state index in [4.69, 9.17) is 0 Å². The van der Waals surface area contributed by atoms with Gasteiger partial charge in [-0.3, -0.25) is 5.32 Å². The van der Waals surface area contributed by atoms with Gasteiger partial charge in [0.05, 0.1) is 0 Å². The molecule has 1 aliphatic carbocycles. The maximum atomic E-state index is 11.6. The van der Waals surface area contributed by atoms with Crippen molar-refractivity contribution in [2.75, 3.05) is 5.32 Å². The minimum atomic E-state index is -0.165. The van der Waals surface area contributed by atoms with Gasteiger partial charge in [0.25, 0.3) is 0 Å². The molecule has 0 radical (unpaired) electrons. The van der Waals surface area contributed by atoms with E-state index in [0.29, 0.717) is 11.9 Å². The lowest BCUT2D eigenvalue weighted by atomic mass is 10.2. The molecule has 2 rings (SSSR count). The van der Waals surface area contributed by atoms with Crippen molar-refractivity contribution in [1.82, 2.24) is 10.3 Å². The van der Waals surface area contributed by atoms with Gasteiger partial charge >= 0.3 is 6.03 Å². The Labute approximate surface area is 103 Å². The zero-order valence-corrected chi connectivity index (χ0v) is 10.5. The number of halogens is 1. The van der Waals surface area contributed by atoms with E-state index in [9.17, 15) is 4.79 Å². The van der Waals surface area contributed by atoms with Crippen LogP contribution in [0.3, 0.4) is 0 Å². The first kappa shape index (κ1) is 11.4.